The Labute approximate surface area is 164 Å². The molecule has 1 aliphatic rings. The van der Waals surface area contributed by atoms with E-state index in [1.807, 2.05) is 35.2 Å². The molecule has 1 heterocycles. The maximum absolute atomic E-state index is 12.4. The van der Waals surface area contributed by atoms with Crippen LogP contribution in [0.25, 0.3) is 0 Å². The van der Waals surface area contributed by atoms with Gasteiger partial charge in [-0.2, -0.15) is 0 Å². The Hall–Kier alpha value is -3.09. The van der Waals surface area contributed by atoms with E-state index in [0.717, 1.165) is 38.1 Å². The molecule has 148 valence electrons. The highest BCUT2D eigenvalue weighted by molar-refractivity contribution is 5.95. The van der Waals surface area contributed by atoms with E-state index in [9.17, 15) is 14.9 Å². The molecule has 1 N–H and O–H groups in total. The second-order valence-electron chi connectivity index (χ2n) is 6.78. The second kappa shape index (κ2) is 9.73. The fourth-order valence-corrected chi connectivity index (χ4v) is 3.30. The van der Waals surface area contributed by atoms with Gasteiger partial charge in [0.1, 0.15) is 11.4 Å². The first-order valence-electron chi connectivity index (χ1n) is 9.64. The first kappa shape index (κ1) is 19.7. The van der Waals surface area contributed by atoms with Gasteiger partial charge in [0.2, 0.25) is 0 Å². The Morgan fingerprint density at radius 1 is 1.11 bits per heavy atom. The molecule has 0 atom stereocenters. The van der Waals surface area contributed by atoms with E-state index in [2.05, 4.69) is 5.32 Å². The summed E-state index contributed by atoms with van der Waals surface area (Å²) in [5.74, 6) is 0.478. The molecule has 0 aromatic heterocycles. The number of nitrogens with one attached hydrogen (secondary N) is 1. The highest BCUT2D eigenvalue weighted by Crippen LogP contribution is 2.31. The number of amides is 1. The van der Waals surface area contributed by atoms with Crippen LogP contribution in [0.5, 0.6) is 5.75 Å². The Kier molecular flexibility index (Phi) is 6.84. The first-order valence-corrected chi connectivity index (χ1v) is 9.64. The summed E-state index contributed by atoms with van der Waals surface area (Å²) in [5, 5.41) is 14.3. The number of carbonyl (C=O) groups excluding carboxylic acids is 1. The minimum absolute atomic E-state index is 0.0121. The highest BCUT2D eigenvalue weighted by Gasteiger charge is 2.23. The third-order valence-electron chi connectivity index (χ3n) is 4.75. The zero-order valence-corrected chi connectivity index (χ0v) is 15.8. The zero-order chi connectivity index (χ0) is 19.8. The summed E-state index contributed by atoms with van der Waals surface area (Å²) in [6.45, 7) is 2.55. The predicted octanol–water partition coefficient (Wildman–Crippen LogP) is 3.78. The summed E-state index contributed by atoms with van der Waals surface area (Å²) < 4.78 is 5.58. The maximum atomic E-state index is 12.4. The van der Waals surface area contributed by atoms with Crippen LogP contribution in [-0.4, -0.2) is 37.1 Å². The van der Waals surface area contributed by atoms with Crippen molar-refractivity contribution in [2.75, 3.05) is 31.1 Å². The van der Waals surface area contributed by atoms with Crippen LogP contribution in [0.4, 0.5) is 11.4 Å². The molecule has 1 aliphatic heterocycles. The van der Waals surface area contributed by atoms with Gasteiger partial charge in [0, 0.05) is 31.3 Å². The van der Waals surface area contributed by atoms with Gasteiger partial charge in [-0.1, -0.05) is 18.2 Å². The zero-order valence-electron chi connectivity index (χ0n) is 15.8. The topological polar surface area (TPSA) is 84.7 Å². The number of rotatable bonds is 8. The summed E-state index contributed by atoms with van der Waals surface area (Å²) in [5.41, 5.74) is 0.885. The van der Waals surface area contributed by atoms with E-state index < -0.39 is 4.92 Å². The number of carbonyl (C=O) groups is 1. The lowest BCUT2D eigenvalue weighted by atomic mass is 10.1. The Morgan fingerprint density at radius 2 is 1.86 bits per heavy atom. The number of piperidine rings is 1. The molecule has 0 unspecified atom stereocenters. The summed E-state index contributed by atoms with van der Waals surface area (Å²) in [6.07, 6.45) is 3.86. The molecule has 2 aromatic carbocycles. The van der Waals surface area contributed by atoms with Crippen LogP contribution in [0.3, 0.4) is 0 Å². The van der Waals surface area contributed by atoms with E-state index >= 15 is 0 Å². The third kappa shape index (κ3) is 5.22. The van der Waals surface area contributed by atoms with Gasteiger partial charge in [-0.3, -0.25) is 14.9 Å². The van der Waals surface area contributed by atoms with E-state index in [4.69, 9.17) is 4.74 Å². The van der Waals surface area contributed by atoms with Gasteiger partial charge in [-0.15, -0.1) is 0 Å². The Morgan fingerprint density at radius 3 is 2.57 bits per heavy atom. The average Bonchev–Trinajstić information content (AvgIpc) is 2.74. The van der Waals surface area contributed by atoms with E-state index in [1.165, 1.54) is 6.07 Å². The van der Waals surface area contributed by atoms with Crippen molar-refractivity contribution in [3.05, 3.63) is 64.2 Å². The van der Waals surface area contributed by atoms with Crippen molar-refractivity contribution in [2.45, 2.75) is 25.7 Å². The number of anilines is 1. The lowest BCUT2D eigenvalue weighted by Crippen LogP contribution is -2.30. The summed E-state index contributed by atoms with van der Waals surface area (Å²) in [6, 6.07) is 14.2. The average molecular weight is 383 g/mol. The van der Waals surface area contributed by atoms with E-state index in [0.29, 0.717) is 30.8 Å². The van der Waals surface area contributed by atoms with Crippen molar-refractivity contribution >= 4 is 17.3 Å². The number of para-hydroxylation sites is 1. The molecule has 7 nitrogen and oxygen atoms in total. The molecule has 2 aromatic rings. The van der Waals surface area contributed by atoms with Crippen molar-refractivity contribution in [2.24, 2.45) is 0 Å². The van der Waals surface area contributed by atoms with E-state index in [1.54, 1.807) is 12.1 Å². The van der Waals surface area contributed by atoms with Gasteiger partial charge in [-0.05, 0) is 49.9 Å². The third-order valence-corrected chi connectivity index (χ3v) is 4.75. The maximum Gasteiger partial charge on any atom is 0.293 e. The number of nitrogens with zero attached hydrogens (tertiary/aromatic N) is 2. The van der Waals surface area contributed by atoms with Crippen molar-refractivity contribution in [1.82, 2.24) is 5.32 Å². The lowest BCUT2D eigenvalue weighted by molar-refractivity contribution is -0.384. The summed E-state index contributed by atoms with van der Waals surface area (Å²) in [7, 11) is 0. The summed E-state index contributed by atoms with van der Waals surface area (Å²) >= 11 is 0. The molecule has 1 saturated heterocycles. The standard InChI is InChI=1S/C21H25N3O4/c25-21(22-12-7-15-28-18-8-3-1-4-9-18)17-10-11-19(20(16-17)24(26)27)23-13-5-2-6-14-23/h1,3-4,8-11,16H,2,5-7,12-15H2,(H,22,25). The number of benzene rings is 2. The van der Waals surface area contributed by atoms with E-state index in [-0.39, 0.29) is 11.6 Å². The quantitative estimate of drug-likeness (QED) is 0.426. The van der Waals surface area contributed by atoms with Crippen LogP contribution in [0, 0.1) is 10.1 Å². The Balaban J connectivity index is 1.54. The molecule has 7 heteroatoms. The van der Waals surface area contributed by atoms with Crippen LogP contribution in [0.2, 0.25) is 0 Å². The van der Waals surface area contributed by atoms with Crippen LogP contribution < -0.4 is 15.0 Å². The Bertz CT molecular complexity index is 805. The molecular weight excluding hydrogens is 358 g/mol. The van der Waals surface area contributed by atoms with Gasteiger partial charge in [0.25, 0.3) is 11.6 Å². The number of hydrogen-bond acceptors (Lipinski definition) is 5. The summed E-state index contributed by atoms with van der Waals surface area (Å²) in [4.78, 5) is 25.5. The van der Waals surface area contributed by atoms with Crippen LogP contribution in [0.1, 0.15) is 36.0 Å². The molecule has 0 aliphatic carbocycles. The molecular formula is C21H25N3O4. The van der Waals surface area contributed by atoms with Gasteiger partial charge in [0.05, 0.1) is 11.5 Å². The molecule has 1 fully saturated rings. The fraction of sp³-hybridized carbons (Fsp3) is 0.381. The van der Waals surface area contributed by atoms with Gasteiger partial charge in [0.15, 0.2) is 0 Å². The number of nitro groups is 1. The minimum Gasteiger partial charge on any atom is -0.494 e. The second-order valence-corrected chi connectivity index (χ2v) is 6.78. The lowest BCUT2D eigenvalue weighted by Gasteiger charge is -2.28. The molecule has 28 heavy (non-hydrogen) atoms. The number of hydrogen-bond donors (Lipinski definition) is 1. The largest absolute Gasteiger partial charge is 0.494 e. The molecule has 0 bridgehead atoms. The molecule has 0 radical (unpaired) electrons. The smallest absolute Gasteiger partial charge is 0.293 e. The molecule has 1 amide bonds. The monoisotopic (exact) mass is 383 g/mol. The van der Waals surface area contributed by atoms with Gasteiger partial charge in [-0.25, -0.2) is 0 Å². The molecule has 3 rings (SSSR count). The van der Waals surface area contributed by atoms with Gasteiger partial charge >= 0.3 is 0 Å². The highest BCUT2D eigenvalue weighted by atomic mass is 16.6. The predicted molar refractivity (Wildman–Crippen MR) is 108 cm³/mol. The van der Waals surface area contributed by atoms with Crippen LogP contribution in [0.15, 0.2) is 48.5 Å². The van der Waals surface area contributed by atoms with Crippen LogP contribution >= 0.6 is 0 Å². The van der Waals surface area contributed by atoms with Crippen molar-refractivity contribution in [3.8, 4) is 5.75 Å². The van der Waals surface area contributed by atoms with Crippen molar-refractivity contribution in [3.63, 3.8) is 0 Å². The SMILES string of the molecule is O=C(NCCCOc1ccccc1)c1ccc(N2CCCCC2)c([N+](=O)[O-])c1. The van der Waals surface area contributed by atoms with Gasteiger partial charge < -0.3 is 15.0 Å². The minimum atomic E-state index is -0.408. The van der Waals surface area contributed by atoms with Crippen molar-refractivity contribution in [1.29, 1.82) is 0 Å². The molecule has 0 spiro atoms. The van der Waals surface area contributed by atoms with Crippen molar-refractivity contribution < 1.29 is 14.5 Å². The number of ether oxygens (including phenoxy) is 1. The molecule has 0 saturated carbocycles. The fourth-order valence-electron chi connectivity index (χ4n) is 3.30. The first-order chi connectivity index (χ1) is 13.6. The van der Waals surface area contributed by atoms with Crippen LogP contribution in [-0.2, 0) is 0 Å². The number of nitro benzene ring substituents is 1. The normalized spacial score (nSPS) is 13.8.